The fourth-order valence-electron chi connectivity index (χ4n) is 12.1. The summed E-state index contributed by atoms with van der Waals surface area (Å²) in [6, 6.07) is 7.85. The molecule has 0 radical (unpaired) electrons. The number of hydrogen-bond acceptors (Lipinski definition) is 0. The summed E-state index contributed by atoms with van der Waals surface area (Å²) in [4.78, 5) is 0. The molecule has 0 spiro atoms. The van der Waals surface area contributed by atoms with E-state index in [2.05, 4.69) is 45.9 Å². The first-order chi connectivity index (χ1) is 15.8. The highest BCUT2D eigenvalue weighted by Crippen LogP contribution is 2.74. The van der Waals surface area contributed by atoms with Crippen LogP contribution >= 0.6 is 0 Å². The lowest BCUT2D eigenvalue weighted by Crippen LogP contribution is -2.57. The van der Waals surface area contributed by atoms with E-state index in [0.717, 1.165) is 41.4 Å². The first kappa shape index (κ1) is 21.5. The first-order valence-corrected chi connectivity index (χ1v) is 15.0. The summed E-state index contributed by atoms with van der Waals surface area (Å²) in [5.74, 6) is 8.48. The standard InChI is InChI=1S/C33H48/c1-20(2)28-5-6-29(21(3)4)30(13-28)31(32-14-22-7-23(15-32)9-24(8-22)16-32)33-17-25-10-26(18-33)12-27(11-25)19-33/h5-6,13,20-27,31H,7-12,14-19H2,1-4H3. The lowest BCUT2D eigenvalue weighted by molar-refractivity contribution is -0.144. The quantitative estimate of drug-likeness (QED) is 0.424. The monoisotopic (exact) mass is 444 g/mol. The molecule has 0 amide bonds. The van der Waals surface area contributed by atoms with Crippen molar-refractivity contribution in [2.75, 3.05) is 0 Å². The Bertz CT molecular complexity index is 801. The maximum atomic E-state index is 2.78. The van der Waals surface area contributed by atoms with Gasteiger partial charge in [-0.05, 0) is 158 Å². The van der Waals surface area contributed by atoms with E-state index >= 15 is 0 Å². The van der Waals surface area contributed by atoms with Crippen molar-refractivity contribution >= 4 is 0 Å². The molecule has 8 bridgehead atoms. The van der Waals surface area contributed by atoms with Gasteiger partial charge in [-0.25, -0.2) is 0 Å². The van der Waals surface area contributed by atoms with Crippen molar-refractivity contribution in [1.82, 2.24) is 0 Å². The lowest BCUT2D eigenvalue weighted by atomic mass is 9.37. The summed E-state index contributed by atoms with van der Waals surface area (Å²) < 4.78 is 0. The summed E-state index contributed by atoms with van der Waals surface area (Å²) >= 11 is 0. The van der Waals surface area contributed by atoms with Crippen molar-refractivity contribution in [3.63, 3.8) is 0 Å². The average Bonchev–Trinajstić information content (AvgIpc) is 2.71. The molecular formula is C33H48. The van der Waals surface area contributed by atoms with Crippen LogP contribution in [-0.2, 0) is 0 Å². The van der Waals surface area contributed by atoms with Crippen molar-refractivity contribution in [1.29, 1.82) is 0 Å². The summed E-state index contributed by atoms with van der Waals surface area (Å²) in [5.41, 5.74) is 6.43. The molecule has 0 N–H and O–H groups in total. The number of benzene rings is 1. The molecule has 0 unspecified atom stereocenters. The van der Waals surface area contributed by atoms with Crippen LogP contribution in [0.3, 0.4) is 0 Å². The molecular weight excluding hydrogens is 396 g/mol. The third-order valence-corrected chi connectivity index (χ3v) is 12.1. The average molecular weight is 445 g/mol. The Morgan fingerprint density at radius 3 is 1.27 bits per heavy atom. The van der Waals surface area contributed by atoms with E-state index in [1.807, 2.05) is 5.56 Å². The molecule has 0 saturated heterocycles. The van der Waals surface area contributed by atoms with Gasteiger partial charge in [0.1, 0.15) is 0 Å². The van der Waals surface area contributed by atoms with Crippen molar-refractivity contribution in [2.24, 2.45) is 46.3 Å². The van der Waals surface area contributed by atoms with Crippen LogP contribution in [0.15, 0.2) is 18.2 Å². The Labute approximate surface area is 203 Å². The Hall–Kier alpha value is -0.780. The van der Waals surface area contributed by atoms with Crippen LogP contribution in [0.5, 0.6) is 0 Å². The number of hydrogen-bond donors (Lipinski definition) is 0. The molecule has 0 heteroatoms. The minimum Gasteiger partial charge on any atom is -0.0587 e. The molecule has 33 heavy (non-hydrogen) atoms. The number of rotatable bonds is 5. The Morgan fingerprint density at radius 1 is 0.545 bits per heavy atom. The zero-order valence-corrected chi connectivity index (χ0v) is 21.9. The third-order valence-electron chi connectivity index (χ3n) is 12.1. The van der Waals surface area contributed by atoms with Crippen LogP contribution in [-0.4, -0.2) is 0 Å². The third kappa shape index (κ3) is 3.27. The molecule has 8 fully saturated rings. The van der Waals surface area contributed by atoms with Gasteiger partial charge in [0.15, 0.2) is 0 Å². The zero-order valence-electron chi connectivity index (χ0n) is 21.9. The van der Waals surface area contributed by atoms with Crippen molar-refractivity contribution < 1.29 is 0 Å². The van der Waals surface area contributed by atoms with Gasteiger partial charge < -0.3 is 0 Å². The molecule has 0 atom stereocenters. The van der Waals surface area contributed by atoms with Gasteiger partial charge in [-0.3, -0.25) is 0 Å². The second-order valence-corrected chi connectivity index (χ2v) is 15.2. The van der Waals surface area contributed by atoms with Crippen molar-refractivity contribution in [3.8, 4) is 0 Å². The van der Waals surface area contributed by atoms with Crippen LogP contribution in [0.25, 0.3) is 0 Å². The minimum atomic E-state index is 0.625. The summed E-state index contributed by atoms with van der Waals surface area (Å²) in [7, 11) is 0. The van der Waals surface area contributed by atoms with Crippen LogP contribution in [0.4, 0.5) is 0 Å². The van der Waals surface area contributed by atoms with Gasteiger partial charge in [0.25, 0.3) is 0 Å². The Balaban J connectivity index is 1.42. The van der Waals surface area contributed by atoms with E-state index in [1.54, 1.807) is 88.2 Å². The van der Waals surface area contributed by atoms with Gasteiger partial charge in [-0.2, -0.15) is 0 Å². The SMILES string of the molecule is CC(C)c1ccc(C(C)C)c(C(C23CC4CC(CC(C4)C2)C3)C23CC4CC(CC(C4)C2)C3)c1. The maximum Gasteiger partial charge on any atom is -0.00452 e. The van der Waals surface area contributed by atoms with E-state index in [9.17, 15) is 0 Å². The van der Waals surface area contributed by atoms with Gasteiger partial charge in [0.2, 0.25) is 0 Å². The summed E-state index contributed by atoms with van der Waals surface area (Å²) in [6.45, 7) is 9.78. The predicted octanol–water partition coefficient (Wildman–Crippen LogP) is 9.45. The van der Waals surface area contributed by atoms with E-state index in [1.165, 1.54) is 0 Å². The second-order valence-electron chi connectivity index (χ2n) is 15.2. The smallest absolute Gasteiger partial charge is 0.00452 e. The van der Waals surface area contributed by atoms with Gasteiger partial charge in [0, 0.05) is 0 Å². The van der Waals surface area contributed by atoms with Crippen LogP contribution in [0.1, 0.15) is 139 Å². The molecule has 8 aliphatic carbocycles. The largest absolute Gasteiger partial charge is 0.0587 e. The normalized spacial score (nSPS) is 46.0. The molecule has 1 aromatic carbocycles. The van der Waals surface area contributed by atoms with E-state index in [0.29, 0.717) is 22.7 Å². The van der Waals surface area contributed by atoms with Crippen molar-refractivity contribution in [2.45, 2.75) is 122 Å². The van der Waals surface area contributed by atoms with Crippen LogP contribution in [0.2, 0.25) is 0 Å². The van der Waals surface area contributed by atoms with E-state index in [-0.39, 0.29) is 0 Å². The maximum absolute atomic E-state index is 2.78. The van der Waals surface area contributed by atoms with Crippen LogP contribution in [0, 0.1) is 46.3 Å². The summed E-state index contributed by atoms with van der Waals surface area (Å²) in [6.07, 6.45) is 18.9. The summed E-state index contributed by atoms with van der Waals surface area (Å²) in [5, 5.41) is 0. The Kier molecular flexibility index (Phi) is 4.80. The predicted molar refractivity (Wildman–Crippen MR) is 139 cm³/mol. The molecule has 0 aliphatic heterocycles. The highest BCUT2D eigenvalue weighted by Gasteiger charge is 2.63. The first-order valence-electron chi connectivity index (χ1n) is 15.0. The van der Waals surface area contributed by atoms with Gasteiger partial charge in [-0.1, -0.05) is 45.9 Å². The molecule has 0 aromatic heterocycles. The molecule has 0 nitrogen and oxygen atoms in total. The molecule has 0 heterocycles. The molecule has 8 saturated carbocycles. The van der Waals surface area contributed by atoms with E-state index < -0.39 is 0 Å². The molecule has 180 valence electrons. The van der Waals surface area contributed by atoms with Crippen molar-refractivity contribution in [3.05, 3.63) is 34.9 Å². The fraction of sp³-hybridized carbons (Fsp3) is 0.818. The molecule has 9 rings (SSSR count). The van der Waals surface area contributed by atoms with E-state index in [4.69, 9.17) is 0 Å². The van der Waals surface area contributed by atoms with Crippen LogP contribution < -0.4 is 0 Å². The lowest BCUT2D eigenvalue weighted by Gasteiger charge is -2.67. The van der Waals surface area contributed by atoms with Gasteiger partial charge in [-0.15, -0.1) is 0 Å². The Morgan fingerprint density at radius 2 is 0.939 bits per heavy atom. The highest BCUT2D eigenvalue weighted by molar-refractivity contribution is 5.41. The zero-order chi connectivity index (χ0) is 22.5. The molecule has 1 aromatic rings. The van der Waals surface area contributed by atoms with Gasteiger partial charge in [0.05, 0.1) is 0 Å². The fourth-order valence-corrected chi connectivity index (χ4v) is 12.1. The van der Waals surface area contributed by atoms with Gasteiger partial charge >= 0.3 is 0 Å². The topological polar surface area (TPSA) is 0 Å². The highest BCUT2D eigenvalue weighted by atomic mass is 14.7. The minimum absolute atomic E-state index is 0.625. The second kappa shape index (κ2) is 7.36. The molecule has 8 aliphatic rings.